The van der Waals surface area contributed by atoms with Gasteiger partial charge in [0.25, 0.3) is 11.8 Å². The Morgan fingerprint density at radius 1 is 1.21 bits per heavy atom. The van der Waals surface area contributed by atoms with Crippen molar-refractivity contribution in [2.45, 2.75) is 65.0 Å². The maximum atomic E-state index is 14.0. The van der Waals surface area contributed by atoms with Crippen molar-refractivity contribution in [1.29, 1.82) is 0 Å². The number of nitrogens with one attached hydrogen (secondary N) is 1. The molecule has 0 aliphatic rings. The molecule has 0 saturated carbocycles. The Morgan fingerprint density at radius 2 is 1.85 bits per heavy atom. The van der Waals surface area contributed by atoms with Crippen molar-refractivity contribution < 1.29 is 18.3 Å². The van der Waals surface area contributed by atoms with Crippen LogP contribution in [0.5, 0.6) is 5.88 Å². The van der Waals surface area contributed by atoms with Crippen molar-refractivity contribution in [3.05, 3.63) is 58.7 Å². The molecule has 2 heterocycles. The van der Waals surface area contributed by atoms with Crippen molar-refractivity contribution in [2.24, 2.45) is 5.73 Å². The SMILES string of the molecule is Cc1cn2c(C(=O)NCC(C)(N)CC[Si](C)(C)C)c(C)nc2c(OCc2c(F)cccc2F)n1. The Kier molecular flexibility index (Phi) is 7.42. The molecule has 0 fully saturated rings. The van der Waals surface area contributed by atoms with Gasteiger partial charge in [0.2, 0.25) is 5.65 Å². The van der Waals surface area contributed by atoms with E-state index in [1.807, 2.05) is 6.92 Å². The third kappa shape index (κ3) is 6.18. The summed E-state index contributed by atoms with van der Waals surface area (Å²) in [4.78, 5) is 21.9. The van der Waals surface area contributed by atoms with Crippen LogP contribution in [0.2, 0.25) is 25.7 Å². The van der Waals surface area contributed by atoms with E-state index in [4.69, 9.17) is 10.5 Å². The molecule has 0 saturated heterocycles. The number of ether oxygens (including phenoxy) is 1. The Bertz CT molecular complexity index is 1180. The summed E-state index contributed by atoms with van der Waals surface area (Å²) in [6.45, 7) is 12.2. The number of hydrogen-bond donors (Lipinski definition) is 2. The first-order valence-electron chi connectivity index (χ1n) is 11.3. The summed E-state index contributed by atoms with van der Waals surface area (Å²) < 4.78 is 35.2. The van der Waals surface area contributed by atoms with Gasteiger partial charge in [-0.1, -0.05) is 31.8 Å². The van der Waals surface area contributed by atoms with Gasteiger partial charge in [-0.25, -0.2) is 18.7 Å². The van der Waals surface area contributed by atoms with E-state index in [-0.39, 0.29) is 24.0 Å². The first-order valence-corrected chi connectivity index (χ1v) is 15.0. The number of aryl methyl sites for hydroxylation is 2. The Hall–Kier alpha value is -2.85. The van der Waals surface area contributed by atoms with E-state index < -0.39 is 25.2 Å². The quantitative estimate of drug-likeness (QED) is 0.435. The number of fused-ring (bicyclic) bond motifs is 1. The van der Waals surface area contributed by atoms with E-state index in [0.717, 1.165) is 24.6 Å². The molecule has 10 heteroatoms. The fourth-order valence-corrected chi connectivity index (χ4v) is 4.87. The van der Waals surface area contributed by atoms with Gasteiger partial charge in [-0.15, -0.1) is 0 Å². The number of hydrogen-bond acceptors (Lipinski definition) is 5. The molecule has 0 spiro atoms. The molecule has 3 aromatic rings. The highest BCUT2D eigenvalue weighted by atomic mass is 28.3. The zero-order valence-electron chi connectivity index (χ0n) is 20.6. The lowest BCUT2D eigenvalue weighted by Gasteiger charge is -2.28. The summed E-state index contributed by atoms with van der Waals surface area (Å²) in [5.41, 5.74) is 7.37. The molecule has 0 aliphatic heterocycles. The average molecular weight is 490 g/mol. The summed E-state index contributed by atoms with van der Waals surface area (Å²) in [7, 11) is -1.25. The molecule has 0 radical (unpaired) electrons. The summed E-state index contributed by atoms with van der Waals surface area (Å²) in [6.07, 6.45) is 2.50. The van der Waals surface area contributed by atoms with Crippen LogP contribution in [0, 0.1) is 25.5 Å². The minimum absolute atomic E-state index is 0.0867. The molecule has 1 atom stereocenters. The van der Waals surface area contributed by atoms with Crippen LogP contribution in [0.1, 0.15) is 40.8 Å². The monoisotopic (exact) mass is 489 g/mol. The van der Waals surface area contributed by atoms with Gasteiger partial charge in [0.05, 0.1) is 17.0 Å². The van der Waals surface area contributed by atoms with E-state index in [0.29, 0.717) is 29.3 Å². The molecule has 2 aromatic heterocycles. The first-order chi connectivity index (χ1) is 15.8. The molecule has 1 amide bonds. The van der Waals surface area contributed by atoms with Gasteiger partial charge in [-0.2, -0.15) is 0 Å². The van der Waals surface area contributed by atoms with Crippen molar-refractivity contribution in [2.75, 3.05) is 6.54 Å². The summed E-state index contributed by atoms with van der Waals surface area (Å²) >= 11 is 0. The smallest absolute Gasteiger partial charge is 0.270 e. The third-order valence-electron chi connectivity index (χ3n) is 5.60. The molecular formula is C24H33F2N5O2Si. The minimum Gasteiger partial charge on any atom is -0.470 e. The topological polar surface area (TPSA) is 94.5 Å². The minimum atomic E-state index is -1.25. The van der Waals surface area contributed by atoms with Gasteiger partial charge in [0.15, 0.2) is 0 Å². The van der Waals surface area contributed by atoms with Crippen LogP contribution in [0.15, 0.2) is 24.4 Å². The van der Waals surface area contributed by atoms with E-state index >= 15 is 0 Å². The molecule has 0 aliphatic carbocycles. The highest BCUT2D eigenvalue weighted by molar-refractivity contribution is 6.76. The van der Waals surface area contributed by atoms with E-state index in [9.17, 15) is 13.6 Å². The standard InChI is InChI=1S/C24H33F2N5O2Si/c1-15-12-31-20(22(32)28-14-24(3,27)10-11-34(4,5)6)16(2)30-21(31)23(29-15)33-13-17-18(25)8-7-9-19(17)26/h7-9,12H,10-11,13-14,27H2,1-6H3,(H,28,32). The number of imidazole rings is 1. The molecule has 1 unspecified atom stereocenters. The molecule has 3 rings (SSSR count). The van der Waals surface area contributed by atoms with Crippen LogP contribution in [0.4, 0.5) is 8.78 Å². The van der Waals surface area contributed by atoms with Crippen molar-refractivity contribution >= 4 is 19.6 Å². The van der Waals surface area contributed by atoms with Gasteiger partial charge in [-0.05, 0) is 39.3 Å². The molecule has 34 heavy (non-hydrogen) atoms. The maximum Gasteiger partial charge on any atom is 0.270 e. The number of amides is 1. The average Bonchev–Trinajstić information content (AvgIpc) is 3.05. The lowest BCUT2D eigenvalue weighted by molar-refractivity contribution is 0.0937. The summed E-state index contributed by atoms with van der Waals surface area (Å²) in [5, 5.41) is 2.94. The van der Waals surface area contributed by atoms with Crippen LogP contribution >= 0.6 is 0 Å². The molecule has 184 valence electrons. The first kappa shape index (κ1) is 25.8. The number of carbonyl (C=O) groups is 1. The molecule has 1 aromatic carbocycles. The third-order valence-corrected chi connectivity index (χ3v) is 7.35. The molecule has 0 bridgehead atoms. The molecule has 7 nitrogen and oxygen atoms in total. The fourth-order valence-electron chi connectivity index (χ4n) is 3.54. The number of halogens is 2. The van der Waals surface area contributed by atoms with E-state index in [1.54, 1.807) is 24.4 Å². The van der Waals surface area contributed by atoms with Crippen LogP contribution in [0.25, 0.3) is 5.65 Å². The van der Waals surface area contributed by atoms with Crippen molar-refractivity contribution in [1.82, 2.24) is 19.7 Å². The zero-order chi connectivity index (χ0) is 25.3. The van der Waals surface area contributed by atoms with Crippen LogP contribution < -0.4 is 15.8 Å². The molecular weight excluding hydrogens is 456 g/mol. The second-order valence-corrected chi connectivity index (χ2v) is 15.9. The Morgan fingerprint density at radius 3 is 2.47 bits per heavy atom. The number of benzene rings is 1. The van der Waals surface area contributed by atoms with Crippen molar-refractivity contribution in [3.63, 3.8) is 0 Å². The van der Waals surface area contributed by atoms with E-state index in [1.165, 1.54) is 6.07 Å². The second kappa shape index (κ2) is 9.79. The highest BCUT2D eigenvalue weighted by Gasteiger charge is 2.26. The van der Waals surface area contributed by atoms with Gasteiger partial charge >= 0.3 is 0 Å². The lowest BCUT2D eigenvalue weighted by Crippen LogP contribution is -2.48. The van der Waals surface area contributed by atoms with Gasteiger partial charge in [0.1, 0.15) is 23.9 Å². The highest BCUT2D eigenvalue weighted by Crippen LogP contribution is 2.24. The van der Waals surface area contributed by atoms with Crippen LogP contribution in [-0.4, -0.2) is 40.4 Å². The predicted molar refractivity (Wildman–Crippen MR) is 131 cm³/mol. The maximum absolute atomic E-state index is 14.0. The second-order valence-electron chi connectivity index (χ2n) is 10.3. The van der Waals surface area contributed by atoms with Crippen molar-refractivity contribution in [3.8, 4) is 5.88 Å². The largest absolute Gasteiger partial charge is 0.470 e. The summed E-state index contributed by atoms with van der Waals surface area (Å²) in [6, 6.07) is 4.69. The molecule has 3 N–H and O–H groups in total. The van der Waals surface area contributed by atoms with E-state index in [2.05, 4.69) is 34.9 Å². The Balaban J connectivity index is 1.82. The lowest BCUT2D eigenvalue weighted by atomic mass is 10.0. The van der Waals surface area contributed by atoms with Crippen LogP contribution in [-0.2, 0) is 6.61 Å². The number of carbonyl (C=O) groups excluding carboxylic acids is 1. The number of aromatic nitrogens is 3. The van der Waals surface area contributed by atoms with Crippen LogP contribution in [0.3, 0.4) is 0 Å². The number of nitrogens with two attached hydrogens (primary N) is 1. The number of rotatable bonds is 9. The summed E-state index contributed by atoms with van der Waals surface area (Å²) in [5.74, 6) is -1.64. The number of nitrogens with zero attached hydrogens (tertiary/aromatic N) is 3. The van der Waals surface area contributed by atoms with Gasteiger partial charge < -0.3 is 15.8 Å². The van der Waals surface area contributed by atoms with Gasteiger partial charge in [-0.3, -0.25) is 9.20 Å². The zero-order valence-corrected chi connectivity index (χ0v) is 21.6. The normalized spacial score (nSPS) is 13.7. The predicted octanol–water partition coefficient (Wildman–Crippen LogP) is 4.38. The van der Waals surface area contributed by atoms with Gasteiger partial charge in [0, 0.05) is 26.4 Å². The fraction of sp³-hybridized carbons (Fsp3) is 0.458. The Labute approximate surface area is 199 Å².